The van der Waals surface area contributed by atoms with Crippen LogP contribution in [0.15, 0.2) is 82.4 Å². The maximum Gasteiger partial charge on any atom is 0.155 e. The third-order valence-corrected chi connectivity index (χ3v) is 11.2. The van der Waals surface area contributed by atoms with Crippen LogP contribution in [-0.2, 0) is 0 Å². The molecule has 1 aliphatic heterocycles. The zero-order valence-electron chi connectivity index (χ0n) is 23.8. The summed E-state index contributed by atoms with van der Waals surface area (Å²) in [6, 6.07) is 0.988. The molecule has 0 aromatic rings. The molecule has 0 amide bonds. The molecule has 0 radical (unpaired) electrons. The quantitative estimate of drug-likeness (QED) is 0.368. The van der Waals surface area contributed by atoms with Crippen molar-refractivity contribution in [2.75, 3.05) is 0 Å². The predicted molar refractivity (Wildman–Crippen MR) is 154 cm³/mol. The van der Waals surface area contributed by atoms with E-state index in [1.165, 1.54) is 43.4 Å². The Kier molecular flexibility index (Phi) is 6.62. The Hall–Kier alpha value is -2.24. The Balaban J connectivity index is 1.17. The van der Waals surface area contributed by atoms with E-state index in [9.17, 15) is 19.0 Å². The van der Waals surface area contributed by atoms with Crippen LogP contribution in [0.2, 0.25) is 0 Å². The van der Waals surface area contributed by atoms with E-state index in [4.69, 9.17) is 0 Å². The predicted octanol–water partition coefficient (Wildman–Crippen LogP) is 7.18. The Morgan fingerprint density at radius 2 is 1.77 bits per heavy atom. The van der Waals surface area contributed by atoms with Gasteiger partial charge in [-0.15, -0.1) is 0 Å². The first kappa shape index (κ1) is 26.6. The smallest absolute Gasteiger partial charge is 0.155 e. The van der Waals surface area contributed by atoms with E-state index < -0.39 is 30.1 Å². The van der Waals surface area contributed by atoms with Gasteiger partial charge in [-0.05, 0) is 72.2 Å². The van der Waals surface area contributed by atoms with Crippen molar-refractivity contribution in [3.8, 4) is 0 Å². The minimum atomic E-state index is -1.73. The minimum Gasteiger partial charge on any atom is -0.388 e. The molecule has 1 heterocycles. The summed E-state index contributed by atoms with van der Waals surface area (Å²) >= 11 is 0. The highest BCUT2D eigenvalue weighted by Gasteiger charge is 2.54. The van der Waals surface area contributed by atoms with Gasteiger partial charge in [-0.1, -0.05) is 81.2 Å². The summed E-state index contributed by atoms with van der Waals surface area (Å²) in [6.07, 6.45) is 23.4. The lowest BCUT2D eigenvalue weighted by Gasteiger charge is -2.60. The number of aliphatic hydroxyl groups excluding tert-OH is 2. The second-order valence-electron chi connectivity index (χ2n) is 13.8. The van der Waals surface area contributed by atoms with Gasteiger partial charge >= 0.3 is 0 Å². The number of rotatable bonds is 3. The average molecular weight is 548 g/mol. The van der Waals surface area contributed by atoms with E-state index in [1.807, 2.05) is 0 Å². The number of nitrogens with zero attached hydrogens (tertiary/aromatic N) is 1. The lowest BCUT2D eigenvalue weighted by Crippen LogP contribution is -2.59. The van der Waals surface area contributed by atoms with Crippen LogP contribution in [0.25, 0.3) is 0 Å². The van der Waals surface area contributed by atoms with Crippen molar-refractivity contribution in [3.63, 3.8) is 0 Å². The summed E-state index contributed by atoms with van der Waals surface area (Å²) < 4.78 is 28.0. The molecule has 2 N–H and O–H groups in total. The van der Waals surface area contributed by atoms with Gasteiger partial charge in [0.25, 0.3) is 0 Å². The Labute approximate surface area is 237 Å². The summed E-state index contributed by atoms with van der Waals surface area (Å²) in [6.45, 7) is 4.90. The maximum absolute atomic E-state index is 14.0. The van der Waals surface area contributed by atoms with Gasteiger partial charge in [-0.3, -0.25) is 0 Å². The molecule has 3 nitrogen and oxygen atoms in total. The van der Waals surface area contributed by atoms with Crippen LogP contribution in [0.3, 0.4) is 0 Å². The molecule has 214 valence electrons. The fourth-order valence-corrected chi connectivity index (χ4v) is 9.32. The van der Waals surface area contributed by atoms with Gasteiger partial charge in [0.15, 0.2) is 6.17 Å². The second kappa shape index (κ2) is 9.94. The fourth-order valence-electron chi connectivity index (χ4n) is 9.32. The first-order valence-electron chi connectivity index (χ1n) is 15.6. The highest BCUT2D eigenvalue weighted by molar-refractivity contribution is 5.47. The van der Waals surface area contributed by atoms with Crippen molar-refractivity contribution in [1.82, 2.24) is 4.90 Å². The molecule has 0 aromatic heterocycles. The van der Waals surface area contributed by atoms with Crippen LogP contribution < -0.4 is 0 Å². The van der Waals surface area contributed by atoms with E-state index in [-0.39, 0.29) is 17.8 Å². The molecule has 7 rings (SSSR count). The average Bonchev–Trinajstić information content (AvgIpc) is 3.17. The molecule has 5 heteroatoms. The van der Waals surface area contributed by atoms with Crippen molar-refractivity contribution < 1.29 is 19.0 Å². The van der Waals surface area contributed by atoms with Gasteiger partial charge in [0.1, 0.15) is 5.83 Å². The highest BCUT2D eigenvalue weighted by Crippen LogP contribution is 2.58. The number of halogens is 2. The molecule has 0 spiro atoms. The second-order valence-corrected chi connectivity index (χ2v) is 13.8. The van der Waals surface area contributed by atoms with Crippen molar-refractivity contribution in [1.29, 1.82) is 0 Å². The number of allylic oxidation sites excluding steroid dienone is 9. The summed E-state index contributed by atoms with van der Waals surface area (Å²) in [7, 11) is 0. The fraction of sp³-hybridized carbons (Fsp3) is 0.600. The van der Waals surface area contributed by atoms with Crippen molar-refractivity contribution in [3.05, 3.63) is 82.4 Å². The number of hydrogen-bond acceptors (Lipinski definition) is 3. The van der Waals surface area contributed by atoms with Crippen LogP contribution in [0, 0.1) is 29.1 Å². The number of piperidine rings is 1. The Morgan fingerprint density at radius 3 is 2.58 bits per heavy atom. The highest BCUT2D eigenvalue weighted by atomic mass is 19.2. The Morgan fingerprint density at radius 1 is 1.00 bits per heavy atom. The van der Waals surface area contributed by atoms with Crippen LogP contribution in [0.1, 0.15) is 71.6 Å². The molecule has 6 aliphatic carbocycles. The standard InChI is InChI=1S/C35H43F2NO2/c1-35(2)27-10-6-7-11-30(27)38(22-8-4-3-5-9-22)31-15-13-21-16-20(12-14-23(21)32(31)35)17-26-33(39)24-18-28(36)29(37)19-25(24)34(26)40/h10-16,18,21-23,26,29,31-34,39-40H,3-9,17,19H2,1-2H3. The van der Waals surface area contributed by atoms with E-state index in [2.05, 4.69) is 61.3 Å². The molecular formula is C35H43F2NO2. The van der Waals surface area contributed by atoms with Gasteiger partial charge in [-0.2, -0.15) is 0 Å². The zero-order valence-corrected chi connectivity index (χ0v) is 23.8. The molecule has 40 heavy (non-hydrogen) atoms. The number of hydrogen-bond donors (Lipinski definition) is 2. The molecular weight excluding hydrogens is 504 g/mol. The van der Waals surface area contributed by atoms with Crippen LogP contribution >= 0.6 is 0 Å². The third kappa shape index (κ3) is 4.09. The largest absolute Gasteiger partial charge is 0.388 e. The number of fused-ring (bicyclic) bond motifs is 4. The molecule has 1 saturated carbocycles. The third-order valence-electron chi connectivity index (χ3n) is 11.2. The van der Waals surface area contributed by atoms with E-state index >= 15 is 0 Å². The van der Waals surface area contributed by atoms with E-state index in [0.29, 0.717) is 41.5 Å². The zero-order chi connectivity index (χ0) is 27.8. The van der Waals surface area contributed by atoms with Crippen LogP contribution in [0.4, 0.5) is 8.78 Å². The summed E-state index contributed by atoms with van der Waals surface area (Å²) in [5.41, 5.74) is 4.99. The maximum atomic E-state index is 14.0. The van der Waals surface area contributed by atoms with Crippen LogP contribution in [-0.4, -0.2) is 45.6 Å². The molecule has 1 saturated heterocycles. The first-order valence-corrected chi connectivity index (χ1v) is 15.6. The van der Waals surface area contributed by atoms with Gasteiger partial charge in [-0.25, -0.2) is 8.78 Å². The normalized spacial score (nSPS) is 40.4. The first-order chi connectivity index (χ1) is 19.3. The molecule has 0 aromatic carbocycles. The Bertz CT molecular complexity index is 1280. The van der Waals surface area contributed by atoms with Gasteiger partial charge in [0.05, 0.1) is 18.2 Å². The summed E-state index contributed by atoms with van der Waals surface area (Å²) in [5, 5.41) is 22.0. The molecule has 2 fully saturated rings. The summed E-state index contributed by atoms with van der Waals surface area (Å²) in [4.78, 5) is 2.81. The van der Waals surface area contributed by atoms with Crippen molar-refractivity contribution in [2.45, 2.75) is 102 Å². The molecule has 8 unspecified atom stereocenters. The van der Waals surface area contributed by atoms with Gasteiger partial charge < -0.3 is 15.1 Å². The lowest BCUT2D eigenvalue weighted by molar-refractivity contribution is 0.0220. The van der Waals surface area contributed by atoms with E-state index in [0.717, 1.165) is 24.5 Å². The number of aliphatic hydroxyl groups is 2. The topological polar surface area (TPSA) is 43.7 Å². The van der Waals surface area contributed by atoms with Gasteiger partial charge in [0, 0.05) is 30.0 Å². The molecule has 8 atom stereocenters. The van der Waals surface area contributed by atoms with Gasteiger partial charge in [0.2, 0.25) is 0 Å². The van der Waals surface area contributed by atoms with E-state index in [1.54, 1.807) is 0 Å². The molecule has 0 bridgehead atoms. The lowest BCUT2D eigenvalue weighted by atomic mass is 9.55. The monoisotopic (exact) mass is 547 g/mol. The minimum absolute atomic E-state index is 0.0472. The number of likely N-dealkylation sites (tertiary alicyclic amines) is 1. The number of alkyl halides is 1. The SMILES string of the molecule is CC1(C)C2=CCCC=C2N(C2CCCCC2)C2C=CC3C=C(CC4C(O)C5=C(CC(F)C(F)=C5)C4O)C=CC3C21. The molecule has 7 aliphatic rings. The van der Waals surface area contributed by atoms with Crippen molar-refractivity contribution in [2.24, 2.45) is 29.1 Å². The van der Waals surface area contributed by atoms with Crippen molar-refractivity contribution >= 4 is 0 Å². The summed E-state index contributed by atoms with van der Waals surface area (Å²) in [5.74, 6) is -0.255. The van der Waals surface area contributed by atoms with Crippen LogP contribution in [0.5, 0.6) is 0 Å².